The topological polar surface area (TPSA) is 143 Å². The molecule has 2 unspecified atom stereocenters. The first-order chi connectivity index (χ1) is 24.5. The zero-order valence-electron chi connectivity index (χ0n) is 32.9. The second-order valence-corrected chi connectivity index (χ2v) is 16.0. The molecule has 52 heavy (non-hydrogen) atoms. The maximum absolute atomic E-state index is 13.8. The number of ether oxygens (including phenoxy) is 5. The summed E-state index contributed by atoms with van der Waals surface area (Å²) in [7, 11) is 3.84. The van der Waals surface area contributed by atoms with Crippen LogP contribution in [0, 0.1) is 17.8 Å². The van der Waals surface area contributed by atoms with Gasteiger partial charge >= 0.3 is 5.97 Å². The molecule has 4 aliphatic heterocycles. The van der Waals surface area contributed by atoms with Crippen LogP contribution in [0.4, 0.5) is 0 Å². The molecule has 3 N–H and O–H groups in total. The predicted octanol–water partition coefficient (Wildman–Crippen LogP) is 4.03. The molecule has 5 rings (SSSR count). The number of aliphatic hydroxyl groups is 3. The van der Waals surface area contributed by atoms with Gasteiger partial charge in [-0.3, -0.25) is 14.7 Å². The van der Waals surface area contributed by atoms with Crippen LogP contribution in [-0.2, 0) is 28.5 Å². The molecule has 2 fully saturated rings. The fourth-order valence-electron chi connectivity index (χ4n) is 8.40. The van der Waals surface area contributed by atoms with Gasteiger partial charge in [0.1, 0.15) is 23.9 Å². The van der Waals surface area contributed by atoms with Crippen molar-refractivity contribution in [2.45, 2.75) is 141 Å². The lowest BCUT2D eigenvalue weighted by molar-refractivity contribution is -0.303. The Morgan fingerprint density at radius 2 is 1.85 bits per heavy atom. The molecule has 0 saturated carbocycles. The maximum Gasteiger partial charge on any atom is 0.311 e. The minimum absolute atomic E-state index is 0.00759. The Morgan fingerprint density at radius 1 is 1.12 bits per heavy atom. The second kappa shape index (κ2) is 18.3. The van der Waals surface area contributed by atoms with Gasteiger partial charge in [0.2, 0.25) is 0 Å². The van der Waals surface area contributed by atoms with Crippen LogP contribution >= 0.6 is 0 Å². The number of hydrogen-bond acceptors (Lipinski definition) is 12. The summed E-state index contributed by atoms with van der Waals surface area (Å²) in [5, 5.41) is 35.7. The van der Waals surface area contributed by atoms with Crippen molar-refractivity contribution in [3.8, 4) is 0 Å². The molecule has 2 saturated heterocycles. The van der Waals surface area contributed by atoms with E-state index in [0.29, 0.717) is 32.4 Å². The average Bonchev–Trinajstić information content (AvgIpc) is 3.09. The highest BCUT2D eigenvalue weighted by Crippen LogP contribution is 2.39. The number of fused-ring (bicyclic) bond motifs is 14. The summed E-state index contributed by atoms with van der Waals surface area (Å²) in [6.45, 7) is 16.3. The van der Waals surface area contributed by atoms with Crippen molar-refractivity contribution < 1.29 is 43.8 Å². The molecule has 294 valence electrons. The van der Waals surface area contributed by atoms with Gasteiger partial charge in [0, 0.05) is 37.3 Å². The van der Waals surface area contributed by atoms with Crippen molar-refractivity contribution in [1.29, 1.82) is 0 Å². The monoisotopic (exact) mass is 731 g/mol. The summed E-state index contributed by atoms with van der Waals surface area (Å²) in [6, 6.07) is 5.20. The lowest BCUT2D eigenvalue weighted by Crippen LogP contribution is -2.60. The Labute approximate surface area is 311 Å². The number of hydrogen-bond donors (Lipinski definition) is 3. The zero-order chi connectivity index (χ0) is 38.4. The third kappa shape index (κ3) is 10.0. The molecule has 0 aromatic carbocycles. The largest absolute Gasteiger partial charge is 0.493 e. The third-order valence-corrected chi connectivity index (χ3v) is 11.4. The van der Waals surface area contributed by atoms with E-state index in [-0.39, 0.29) is 30.7 Å². The highest BCUT2D eigenvalue weighted by Gasteiger charge is 2.51. The Kier molecular flexibility index (Phi) is 14.9. The van der Waals surface area contributed by atoms with Crippen LogP contribution in [0.2, 0.25) is 0 Å². The number of rotatable bonds is 7. The van der Waals surface area contributed by atoms with Gasteiger partial charge < -0.3 is 43.9 Å². The number of pyridine rings is 1. The summed E-state index contributed by atoms with van der Waals surface area (Å²) in [6.07, 6.45) is 4.57. The van der Waals surface area contributed by atoms with Crippen molar-refractivity contribution in [3.05, 3.63) is 48.5 Å². The van der Waals surface area contributed by atoms with Crippen LogP contribution in [-0.4, -0.2) is 136 Å². The van der Waals surface area contributed by atoms with Crippen molar-refractivity contribution in [2.75, 3.05) is 33.8 Å². The Morgan fingerprint density at radius 3 is 2.50 bits per heavy atom. The average molecular weight is 732 g/mol. The van der Waals surface area contributed by atoms with Crippen LogP contribution in [0.3, 0.4) is 0 Å². The van der Waals surface area contributed by atoms with Crippen LogP contribution < -0.4 is 0 Å². The first-order valence-corrected chi connectivity index (χ1v) is 19.0. The summed E-state index contributed by atoms with van der Waals surface area (Å²) >= 11 is 0. The van der Waals surface area contributed by atoms with E-state index < -0.39 is 65.8 Å². The number of carbonyl (C=O) groups excluding carboxylic acids is 1. The number of carbonyl (C=O) groups is 1. The van der Waals surface area contributed by atoms with E-state index in [1.165, 1.54) is 0 Å². The molecule has 14 atom stereocenters. The number of aromatic nitrogens is 1. The van der Waals surface area contributed by atoms with Crippen molar-refractivity contribution in [3.63, 3.8) is 0 Å². The van der Waals surface area contributed by atoms with E-state index in [1.54, 1.807) is 32.4 Å². The molecule has 12 nitrogen and oxygen atoms in total. The first-order valence-electron chi connectivity index (χ1n) is 19.0. The minimum Gasteiger partial charge on any atom is -0.493 e. The predicted molar refractivity (Wildman–Crippen MR) is 199 cm³/mol. The van der Waals surface area contributed by atoms with Gasteiger partial charge in [0.15, 0.2) is 6.29 Å². The first kappa shape index (κ1) is 42.3. The van der Waals surface area contributed by atoms with Gasteiger partial charge in [-0.25, -0.2) is 0 Å². The minimum atomic E-state index is -1.61. The standard InChI is InChI=1S/C40H65N3O9/c1-11-32-40(8,47)36-29(6)43(19-14-17-30-16-12-13-18-41-30)24-25(2)23-39(7,49-21-15-20-48-36)35(27(4)33(44)28(5)37(46)51-32)52-38-34(45)31(42(9)10)22-26(3)50-38/h12-18,20,25-29,31-36,38,44-45,47H,11,19,21-24H2,1-10H3/b17-14+,20-15+/t25-,26-,27+,28?,29-,31+,32-,33?,34-,35-,36-,38+,39-,40-/m1/s1. The van der Waals surface area contributed by atoms with Crippen LogP contribution in [0.5, 0.6) is 0 Å². The molecule has 0 aliphatic carbocycles. The van der Waals surface area contributed by atoms with Crippen molar-refractivity contribution in [1.82, 2.24) is 14.8 Å². The van der Waals surface area contributed by atoms with E-state index in [0.717, 1.165) is 5.69 Å². The molecule has 2 bridgehead atoms. The van der Waals surface area contributed by atoms with E-state index in [9.17, 15) is 20.1 Å². The van der Waals surface area contributed by atoms with Gasteiger partial charge in [-0.1, -0.05) is 32.9 Å². The van der Waals surface area contributed by atoms with Gasteiger partial charge in [-0.2, -0.15) is 0 Å². The molecule has 0 amide bonds. The molecule has 1 aromatic heterocycles. The van der Waals surface area contributed by atoms with Crippen LogP contribution in [0.25, 0.3) is 6.08 Å². The van der Waals surface area contributed by atoms with Crippen LogP contribution in [0.1, 0.15) is 80.3 Å². The van der Waals surface area contributed by atoms with Gasteiger partial charge in [0.05, 0.1) is 48.4 Å². The summed E-state index contributed by atoms with van der Waals surface area (Å²) < 4.78 is 32.3. The Bertz CT molecular complexity index is 1330. The number of nitrogens with zero attached hydrogens (tertiary/aromatic N) is 3. The SMILES string of the molecule is CC[C@H]1OC(=O)C(C)C(O)[C@H](C)[C@@H](O[C@@H]2O[C@H](C)C[C@H](N(C)C)[C@H]2O)[C@@]2(C)C[C@@H](C)CN(C/C=C/c3ccccn3)[C@H](C)[C@@H](O/C=C/CO2)[C@]1(C)O. The zero-order valence-corrected chi connectivity index (χ0v) is 32.9. The summed E-state index contributed by atoms with van der Waals surface area (Å²) in [5.74, 6) is -2.28. The summed E-state index contributed by atoms with van der Waals surface area (Å²) in [5.41, 5.74) is -1.81. The summed E-state index contributed by atoms with van der Waals surface area (Å²) in [4.78, 5) is 22.5. The molecule has 0 spiro atoms. The molecule has 4 aliphatic rings. The molecule has 5 heterocycles. The number of aliphatic hydroxyl groups excluding tert-OH is 2. The number of esters is 1. The molecular weight excluding hydrogens is 666 g/mol. The number of likely N-dealkylation sites (N-methyl/N-ethyl adjacent to an activating group) is 1. The Hall–Kier alpha value is -2.42. The lowest BCUT2D eigenvalue weighted by Gasteiger charge is -2.48. The van der Waals surface area contributed by atoms with Gasteiger partial charge in [-0.05, 0) is 98.2 Å². The molecule has 1 aromatic rings. The highest BCUT2D eigenvalue weighted by molar-refractivity contribution is 5.73. The van der Waals surface area contributed by atoms with Crippen LogP contribution in [0.15, 0.2) is 42.8 Å². The fourth-order valence-corrected chi connectivity index (χ4v) is 8.40. The lowest BCUT2D eigenvalue weighted by atomic mass is 9.77. The normalized spacial score (nSPS) is 42.4. The van der Waals surface area contributed by atoms with E-state index in [4.69, 9.17) is 23.7 Å². The fraction of sp³-hybridized carbons (Fsp3) is 0.750. The smallest absolute Gasteiger partial charge is 0.311 e. The van der Waals surface area contributed by atoms with Gasteiger partial charge in [-0.15, -0.1) is 0 Å². The van der Waals surface area contributed by atoms with E-state index in [1.807, 2.05) is 77.9 Å². The van der Waals surface area contributed by atoms with E-state index in [2.05, 4.69) is 22.9 Å². The van der Waals surface area contributed by atoms with E-state index >= 15 is 0 Å². The molecule has 12 heteroatoms. The second-order valence-electron chi connectivity index (χ2n) is 16.0. The highest BCUT2D eigenvalue weighted by atomic mass is 16.7. The van der Waals surface area contributed by atoms with Crippen molar-refractivity contribution >= 4 is 12.0 Å². The van der Waals surface area contributed by atoms with Gasteiger partial charge in [0.25, 0.3) is 0 Å². The van der Waals surface area contributed by atoms with Crippen molar-refractivity contribution in [2.24, 2.45) is 17.8 Å². The molecular formula is C40H65N3O9. The third-order valence-electron chi connectivity index (χ3n) is 11.4. The Balaban J connectivity index is 1.83. The quantitative estimate of drug-likeness (QED) is 0.349. The maximum atomic E-state index is 13.8. The molecule has 0 radical (unpaired) electrons.